The number of aromatic nitrogens is 3. The van der Waals surface area contributed by atoms with Gasteiger partial charge in [-0.3, -0.25) is 14.6 Å². The van der Waals surface area contributed by atoms with Crippen LogP contribution in [0.2, 0.25) is 0 Å². The van der Waals surface area contributed by atoms with Crippen molar-refractivity contribution in [2.24, 2.45) is 0 Å². The van der Waals surface area contributed by atoms with Crippen molar-refractivity contribution >= 4 is 22.6 Å². The lowest BCUT2D eigenvalue weighted by Crippen LogP contribution is -2.31. The first kappa shape index (κ1) is 18.5. The average molecular weight is 392 g/mol. The first-order valence-electron chi connectivity index (χ1n) is 8.83. The number of esters is 1. The van der Waals surface area contributed by atoms with Gasteiger partial charge >= 0.3 is 5.97 Å². The Hall–Kier alpha value is -3.81. The Labute approximate surface area is 164 Å². The summed E-state index contributed by atoms with van der Waals surface area (Å²) in [5.41, 5.74) is 1.68. The van der Waals surface area contributed by atoms with Crippen LogP contribution < -0.4 is 11.0 Å². The quantitative estimate of drug-likeness (QED) is 0.428. The van der Waals surface area contributed by atoms with Crippen molar-refractivity contribution in [1.29, 1.82) is 5.41 Å². The van der Waals surface area contributed by atoms with Gasteiger partial charge in [-0.15, -0.1) is 0 Å². The Morgan fingerprint density at radius 2 is 1.93 bits per heavy atom. The molecule has 4 aromatic rings. The predicted molar refractivity (Wildman–Crippen MR) is 104 cm³/mol. The van der Waals surface area contributed by atoms with Crippen LogP contribution in [0.1, 0.15) is 21.5 Å². The number of hydrogen-bond acceptors (Lipinski definition) is 5. The smallest absolute Gasteiger partial charge is 0.341 e. The fourth-order valence-electron chi connectivity index (χ4n) is 3.29. The fourth-order valence-corrected chi connectivity index (χ4v) is 3.29. The maximum atomic E-state index is 13.3. The van der Waals surface area contributed by atoms with Gasteiger partial charge in [0.2, 0.25) is 0 Å². The van der Waals surface area contributed by atoms with Crippen LogP contribution in [-0.4, -0.2) is 27.0 Å². The molecular formula is C21H17FN4O3. The first-order chi connectivity index (χ1) is 13.9. The number of nitrogens with zero attached hydrogens (tertiary/aromatic N) is 3. The number of rotatable bonds is 3. The number of halogens is 1. The second-order valence-electron chi connectivity index (χ2n) is 6.65. The summed E-state index contributed by atoms with van der Waals surface area (Å²) >= 11 is 0. The van der Waals surface area contributed by atoms with Crippen LogP contribution in [0.4, 0.5) is 4.39 Å². The Balaban J connectivity index is 2.11. The van der Waals surface area contributed by atoms with Gasteiger partial charge in [0.15, 0.2) is 0 Å². The third-order valence-electron chi connectivity index (χ3n) is 4.79. The number of hydrogen-bond donors (Lipinski definition) is 1. The number of carbonyl (C=O) groups excluding carboxylic acids is 1. The fraction of sp³-hybridized carbons (Fsp3) is 0.143. The molecular weight excluding hydrogens is 375 g/mol. The van der Waals surface area contributed by atoms with E-state index in [0.29, 0.717) is 11.2 Å². The standard InChI is InChI=1S/C21H17FN4O3/c1-12-4-3-9-25-18(12)24-19-16(20(25)27)10-15(21(28)29-2)17(23)26(19)11-13-5-7-14(22)8-6-13/h3-10,23H,11H2,1-2H3. The maximum Gasteiger partial charge on any atom is 0.341 e. The summed E-state index contributed by atoms with van der Waals surface area (Å²) in [6, 6.07) is 10.7. The summed E-state index contributed by atoms with van der Waals surface area (Å²) in [4.78, 5) is 30.0. The lowest BCUT2D eigenvalue weighted by molar-refractivity contribution is 0.0597. The molecule has 0 fully saturated rings. The summed E-state index contributed by atoms with van der Waals surface area (Å²) in [6.45, 7) is 1.97. The molecule has 3 heterocycles. The van der Waals surface area contributed by atoms with Gasteiger partial charge < -0.3 is 9.30 Å². The Bertz CT molecular complexity index is 1390. The summed E-state index contributed by atoms with van der Waals surface area (Å²) in [7, 11) is 1.21. The number of carbonyl (C=O) groups is 1. The molecule has 0 bridgehead atoms. The first-order valence-corrected chi connectivity index (χ1v) is 8.83. The number of fused-ring (bicyclic) bond motifs is 2. The zero-order valence-electron chi connectivity index (χ0n) is 15.8. The van der Waals surface area contributed by atoms with E-state index in [1.807, 2.05) is 13.0 Å². The molecule has 1 N–H and O–H groups in total. The van der Waals surface area contributed by atoms with E-state index < -0.39 is 5.97 Å². The number of benzene rings is 1. The normalized spacial score (nSPS) is 11.1. The molecule has 0 aliphatic rings. The second-order valence-corrected chi connectivity index (χ2v) is 6.65. The van der Waals surface area contributed by atoms with Crippen LogP contribution in [0, 0.1) is 18.2 Å². The third kappa shape index (κ3) is 3.08. The minimum Gasteiger partial charge on any atom is -0.465 e. The minimum absolute atomic E-state index is 0.0476. The van der Waals surface area contributed by atoms with Gasteiger partial charge in [0.05, 0.1) is 19.0 Å². The topological polar surface area (TPSA) is 89.4 Å². The molecule has 0 unspecified atom stereocenters. The van der Waals surface area contributed by atoms with Crippen molar-refractivity contribution < 1.29 is 13.9 Å². The lowest BCUT2D eigenvalue weighted by atomic mass is 10.1. The third-order valence-corrected chi connectivity index (χ3v) is 4.79. The number of ether oxygens (including phenoxy) is 1. The maximum absolute atomic E-state index is 13.3. The highest BCUT2D eigenvalue weighted by Crippen LogP contribution is 2.15. The zero-order chi connectivity index (χ0) is 20.7. The molecule has 29 heavy (non-hydrogen) atoms. The number of nitrogens with one attached hydrogen (secondary N) is 1. The molecule has 0 amide bonds. The monoisotopic (exact) mass is 392 g/mol. The van der Waals surface area contributed by atoms with E-state index >= 15 is 0 Å². The minimum atomic E-state index is -0.724. The highest BCUT2D eigenvalue weighted by molar-refractivity contribution is 5.93. The predicted octanol–water partition coefficient (Wildman–Crippen LogP) is 2.41. The van der Waals surface area contributed by atoms with Gasteiger partial charge in [-0.2, -0.15) is 0 Å². The number of aryl methyl sites for hydroxylation is 1. The van der Waals surface area contributed by atoms with Crippen LogP contribution in [0.3, 0.4) is 0 Å². The molecule has 0 aliphatic heterocycles. The SMILES string of the molecule is COC(=O)c1cc2c(=O)n3cccc(C)c3nc2n(Cc2ccc(F)cc2)c1=N. The van der Waals surface area contributed by atoms with Crippen molar-refractivity contribution in [2.45, 2.75) is 13.5 Å². The van der Waals surface area contributed by atoms with Crippen LogP contribution in [0.5, 0.6) is 0 Å². The molecule has 0 radical (unpaired) electrons. The van der Waals surface area contributed by atoms with Gasteiger partial charge in [0.25, 0.3) is 5.56 Å². The van der Waals surface area contributed by atoms with E-state index in [-0.39, 0.29) is 40.0 Å². The van der Waals surface area contributed by atoms with Crippen LogP contribution in [-0.2, 0) is 11.3 Å². The van der Waals surface area contributed by atoms with E-state index in [0.717, 1.165) is 5.56 Å². The van der Waals surface area contributed by atoms with E-state index in [1.54, 1.807) is 24.4 Å². The number of pyridine rings is 2. The van der Waals surface area contributed by atoms with Gasteiger partial charge in [-0.1, -0.05) is 18.2 Å². The molecule has 0 saturated heterocycles. The Kier molecular flexibility index (Phi) is 4.46. The van der Waals surface area contributed by atoms with E-state index in [9.17, 15) is 14.0 Å². The zero-order valence-corrected chi connectivity index (χ0v) is 15.8. The summed E-state index contributed by atoms with van der Waals surface area (Å²) in [5, 5.41) is 8.71. The number of methoxy groups -OCH3 is 1. The van der Waals surface area contributed by atoms with Gasteiger partial charge in [-0.25, -0.2) is 14.2 Å². The Morgan fingerprint density at radius 1 is 1.21 bits per heavy atom. The molecule has 0 atom stereocenters. The highest BCUT2D eigenvalue weighted by atomic mass is 19.1. The van der Waals surface area contributed by atoms with Crippen molar-refractivity contribution in [1.82, 2.24) is 14.0 Å². The molecule has 4 rings (SSSR count). The van der Waals surface area contributed by atoms with Crippen molar-refractivity contribution in [2.75, 3.05) is 7.11 Å². The molecule has 7 nitrogen and oxygen atoms in total. The van der Waals surface area contributed by atoms with E-state index in [1.165, 1.54) is 34.3 Å². The van der Waals surface area contributed by atoms with Gasteiger partial charge in [0, 0.05) is 6.20 Å². The second kappa shape index (κ2) is 6.97. The van der Waals surface area contributed by atoms with E-state index in [4.69, 9.17) is 10.1 Å². The largest absolute Gasteiger partial charge is 0.465 e. The highest BCUT2D eigenvalue weighted by Gasteiger charge is 2.18. The molecule has 1 aromatic carbocycles. The van der Waals surface area contributed by atoms with Crippen molar-refractivity contribution in [3.8, 4) is 0 Å². The van der Waals surface area contributed by atoms with Crippen LogP contribution in [0.15, 0.2) is 53.5 Å². The average Bonchev–Trinajstić information content (AvgIpc) is 2.72. The van der Waals surface area contributed by atoms with Crippen molar-refractivity contribution in [3.63, 3.8) is 0 Å². The molecule has 3 aromatic heterocycles. The van der Waals surface area contributed by atoms with Gasteiger partial charge in [0.1, 0.15) is 28.2 Å². The molecule has 0 spiro atoms. The molecule has 8 heteroatoms. The van der Waals surface area contributed by atoms with Gasteiger partial charge in [-0.05, 0) is 42.3 Å². The summed E-state index contributed by atoms with van der Waals surface area (Å²) in [6.07, 6.45) is 1.61. The summed E-state index contributed by atoms with van der Waals surface area (Å²) in [5.74, 6) is -1.10. The Morgan fingerprint density at radius 3 is 2.62 bits per heavy atom. The molecule has 146 valence electrons. The summed E-state index contributed by atoms with van der Waals surface area (Å²) < 4.78 is 20.9. The van der Waals surface area contributed by atoms with E-state index in [2.05, 4.69) is 4.98 Å². The van der Waals surface area contributed by atoms with Crippen LogP contribution >= 0.6 is 0 Å². The molecule has 0 aliphatic carbocycles. The molecule has 0 saturated carbocycles. The van der Waals surface area contributed by atoms with Crippen molar-refractivity contribution in [3.05, 3.63) is 87.0 Å². The van der Waals surface area contributed by atoms with Crippen LogP contribution in [0.25, 0.3) is 16.7 Å². The lowest BCUT2D eigenvalue weighted by Gasteiger charge is -2.14.